The number of aromatic nitrogens is 1. The molecule has 0 saturated carbocycles. The van der Waals surface area contributed by atoms with E-state index in [0.717, 1.165) is 12.1 Å². The molecular weight excluding hydrogens is 260 g/mol. The van der Waals surface area contributed by atoms with Crippen molar-refractivity contribution in [2.45, 2.75) is 79.7 Å². The Hall–Kier alpha value is -0.930. The highest BCUT2D eigenvalue weighted by molar-refractivity contribution is 5.22. The van der Waals surface area contributed by atoms with Gasteiger partial charge in [-0.05, 0) is 51.3 Å². The molecule has 1 rings (SSSR count). The summed E-state index contributed by atoms with van der Waals surface area (Å²) in [5.41, 5.74) is 2.68. The van der Waals surface area contributed by atoms with Crippen LogP contribution < -0.4 is 5.32 Å². The molecule has 0 amide bonds. The monoisotopic (exact) mass is 298 g/mol. The summed E-state index contributed by atoms with van der Waals surface area (Å²) in [5, 5.41) is 3.36. The number of hydrogen-bond acceptors (Lipinski definition) is 2. The molecule has 3 N–H and O–H groups in total. The lowest BCUT2D eigenvalue weighted by atomic mass is 9.75. The molecule has 0 bridgehead atoms. The van der Waals surface area contributed by atoms with E-state index in [2.05, 4.69) is 50.1 Å². The second-order valence-electron chi connectivity index (χ2n) is 5.88. The molecule has 126 valence electrons. The summed E-state index contributed by atoms with van der Waals surface area (Å²) < 4.78 is 0. The van der Waals surface area contributed by atoms with E-state index in [1.54, 1.807) is 0 Å². The van der Waals surface area contributed by atoms with Crippen LogP contribution in [0.4, 0.5) is 0 Å². The van der Waals surface area contributed by atoms with E-state index < -0.39 is 0 Å². The van der Waals surface area contributed by atoms with Crippen LogP contribution >= 0.6 is 0 Å². The smallest absolute Gasteiger partial charge is 0.0372 e. The zero-order valence-electron chi connectivity index (χ0n) is 15.9. The van der Waals surface area contributed by atoms with Crippen LogP contribution in [0, 0.1) is 6.92 Å². The number of rotatable bonds is 4. The molecule has 0 aliphatic rings. The summed E-state index contributed by atoms with van der Waals surface area (Å²) in [6, 6.07) is 4.28. The maximum atomic E-state index is 4.38. The average molecular weight is 299 g/mol. The van der Waals surface area contributed by atoms with Gasteiger partial charge in [0.2, 0.25) is 0 Å². The number of hydrogen-bond donors (Lipinski definition) is 1. The molecule has 0 aliphatic carbocycles. The van der Waals surface area contributed by atoms with Crippen molar-refractivity contribution in [3.05, 3.63) is 29.6 Å². The first-order chi connectivity index (χ1) is 9.27. The van der Waals surface area contributed by atoms with Crippen molar-refractivity contribution in [2.24, 2.45) is 0 Å². The SMILES string of the molecule is CC.CC.CNC(C)(C)CC(C)(C)c1ccc(C)nc1.O. The average Bonchev–Trinajstić information content (AvgIpc) is 2.43. The van der Waals surface area contributed by atoms with Crippen LogP contribution in [-0.4, -0.2) is 23.0 Å². The Morgan fingerprint density at radius 1 is 1.00 bits per heavy atom. The van der Waals surface area contributed by atoms with Crippen molar-refractivity contribution in [2.75, 3.05) is 7.05 Å². The Kier molecular flexibility index (Phi) is 14.0. The lowest BCUT2D eigenvalue weighted by molar-refractivity contribution is 0.304. The van der Waals surface area contributed by atoms with Gasteiger partial charge in [0, 0.05) is 17.4 Å². The number of nitrogens with zero attached hydrogens (tertiary/aromatic N) is 1. The van der Waals surface area contributed by atoms with E-state index in [-0.39, 0.29) is 16.4 Å². The topological polar surface area (TPSA) is 56.4 Å². The van der Waals surface area contributed by atoms with Gasteiger partial charge in [-0.15, -0.1) is 0 Å². The molecule has 3 nitrogen and oxygen atoms in total. The molecule has 0 aliphatic heterocycles. The minimum absolute atomic E-state index is 0. The summed E-state index contributed by atoms with van der Waals surface area (Å²) >= 11 is 0. The van der Waals surface area contributed by atoms with Crippen molar-refractivity contribution < 1.29 is 5.48 Å². The molecule has 1 heterocycles. The van der Waals surface area contributed by atoms with Crippen LogP contribution in [0.3, 0.4) is 0 Å². The standard InChI is InChI=1S/C14H24N2.2C2H6.H2O/c1-11-7-8-12(9-16-11)13(2,3)10-14(4,5)15-6;2*1-2;/h7-9,15H,10H2,1-6H3;2*1-2H3;1H2. The highest BCUT2D eigenvalue weighted by Crippen LogP contribution is 2.31. The zero-order chi connectivity index (χ0) is 16.4. The number of nitrogens with one attached hydrogen (secondary N) is 1. The largest absolute Gasteiger partial charge is 0.412 e. The van der Waals surface area contributed by atoms with E-state index in [1.165, 1.54) is 5.56 Å². The molecule has 3 heteroatoms. The molecule has 0 radical (unpaired) electrons. The third kappa shape index (κ3) is 9.59. The summed E-state index contributed by atoms with van der Waals surface area (Å²) in [6.07, 6.45) is 3.09. The van der Waals surface area contributed by atoms with E-state index in [4.69, 9.17) is 0 Å². The van der Waals surface area contributed by atoms with Crippen molar-refractivity contribution in [3.63, 3.8) is 0 Å². The van der Waals surface area contributed by atoms with E-state index in [9.17, 15) is 0 Å². The fraction of sp³-hybridized carbons (Fsp3) is 0.722. The third-order valence-electron chi connectivity index (χ3n) is 3.25. The number of pyridine rings is 1. The van der Waals surface area contributed by atoms with E-state index >= 15 is 0 Å². The quantitative estimate of drug-likeness (QED) is 0.901. The molecule has 0 aromatic carbocycles. The fourth-order valence-electron chi connectivity index (χ4n) is 2.16. The van der Waals surface area contributed by atoms with Crippen molar-refractivity contribution in [1.29, 1.82) is 0 Å². The van der Waals surface area contributed by atoms with Crippen LogP contribution in [0.1, 0.15) is 73.1 Å². The van der Waals surface area contributed by atoms with Gasteiger partial charge in [0.15, 0.2) is 0 Å². The maximum absolute atomic E-state index is 4.38. The summed E-state index contributed by atoms with van der Waals surface area (Å²) in [7, 11) is 2.02. The normalized spacial score (nSPS) is 10.4. The van der Waals surface area contributed by atoms with Gasteiger partial charge in [-0.25, -0.2) is 0 Å². The first-order valence-electron chi connectivity index (χ1n) is 7.89. The second-order valence-corrected chi connectivity index (χ2v) is 5.88. The third-order valence-corrected chi connectivity index (χ3v) is 3.25. The highest BCUT2D eigenvalue weighted by atomic mass is 16.0. The molecule has 0 fully saturated rings. The van der Waals surface area contributed by atoms with E-state index in [0.29, 0.717) is 0 Å². The van der Waals surface area contributed by atoms with Gasteiger partial charge in [-0.1, -0.05) is 47.6 Å². The second kappa shape index (κ2) is 11.7. The van der Waals surface area contributed by atoms with Crippen LogP contribution in [-0.2, 0) is 5.41 Å². The molecule has 0 unspecified atom stereocenters. The Morgan fingerprint density at radius 2 is 1.48 bits per heavy atom. The first-order valence-corrected chi connectivity index (χ1v) is 7.89. The Morgan fingerprint density at radius 3 is 1.81 bits per heavy atom. The Labute approximate surface area is 132 Å². The van der Waals surface area contributed by atoms with Crippen LogP contribution in [0.15, 0.2) is 18.3 Å². The van der Waals surface area contributed by atoms with Gasteiger partial charge in [0.05, 0.1) is 0 Å². The summed E-state index contributed by atoms with van der Waals surface area (Å²) in [4.78, 5) is 4.38. The van der Waals surface area contributed by atoms with Crippen LogP contribution in [0.2, 0.25) is 0 Å². The molecule has 21 heavy (non-hydrogen) atoms. The maximum Gasteiger partial charge on any atom is 0.0372 e. The van der Waals surface area contributed by atoms with Gasteiger partial charge in [0.1, 0.15) is 0 Å². The minimum Gasteiger partial charge on any atom is -0.412 e. The zero-order valence-corrected chi connectivity index (χ0v) is 15.9. The Balaban J connectivity index is -0.000000595. The van der Waals surface area contributed by atoms with Gasteiger partial charge in [0.25, 0.3) is 0 Å². The van der Waals surface area contributed by atoms with Crippen molar-refractivity contribution in [1.82, 2.24) is 10.3 Å². The number of aryl methyl sites for hydroxylation is 1. The van der Waals surface area contributed by atoms with Crippen LogP contribution in [0.5, 0.6) is 0 Å². The lowest BCUT2D eigenvalue weighted by Crippen LogP contribution is -2.41. The van der Waals surface area contributed by atoms with Gasteiger partial charge >= 0.3 is 0 Å². The lowest BCUT2D eigenvalue weighted by Gasteiger charge is -2.35. The molecular formula is C18H38N2O. The molecule has 0 spiro atoms. The molecule has 0 saturated heterocycles. The van der Waals surface area contributed by atoms with Gasteiger partial charge in [-0.3, -0.25) is 4.98 Å². The summed E-state index contributed by atoms with van der Waals surface area (Å²) in [5.74, 6) is 0. The van der Waals surface area contributed by atoms with E-state index in [1.807, 2.05) is 47.9 Å². The predicted octanol–water partition coefficient (Wildman–Crippen LogP) is 4.28. The molecule has 1 aromatic heterocycles. The fourth-order valence-corrected chi connectivity index (χ4v) is 2.16. The summed E-state index contributed by atoms with van der Waals surface area (Å²) in [6.45, 7) is 19.0. The first kappa shape index (κ1) is 25.0. The predicted molar refractivity (Wildman–Crippen MR) is 96.1 cm³/mol. The van der Waals surface area contributed by atoms with Crippen LogP contribution in [0.25, 0.3) is 0 Å². The van der Waals surface area contributed by atoms with Gasteiger partial charge < -0.3 is 10.8 Å². The van der Waals surface area contributed by atoms with Crippen molar-refractivity contribution in [3.8, 4) is 0 Å². The minimum atomic E-state index is 0. The van der Waals surface area contributed by atoms with Crippen molar-refractivity contribution >= 4 is 0 Å². The van der Waals surface area contributed by atoms with Gasteiger partial charge in [-0.2, -0.15) is 0 Å². The molecule has 0 atom stereocenters. The Bertz CT molecular complexity index is 343. The molecule has 1 aromatic rings. The highest BCUT2D eigenvalue weighted by Gasteiger charge is 2.29.